The summed E-state index contributed by atoms with van der Waals surface area (Å²) in [5, 5.41) is 12.6. The Balaban J connectivity index is 2.37. The number of carbonyl (C=O) groups is 1. The number of rotatable bonds is 5. The zero-order chi connectivity index (χ0) is 14.0. The second-order valence-corrected chi connectivity index (χ2v) is 4.90. The summed E-state index contributed by atoms with van der Waals surface area (Å²) in [6.07, 6.45) is 0. The SMILES string of the molecule is CNC(c1ccc(OC)c(C)c1)C1(C(=O)O)COC1. The van der Waals surface area contributed by atoms with E-state index < -0.39 is 11.4 Å². The topological polar surface area (TPSA) is 67.8 Å². The number of hydrogen-bond donors (Lipinski definition) is 2. The average Bonchev–Trinajstić information content (AvgIpc) is 2.32. The molecule has 0 bridgehead atoms. The van der Waals surface area contributed by atoms with Gasteiger partial charge in [-0.1, -0.05) is 12.1 Å². The molecule has 0 aliphatic carbocycles. The van der Waals surface area contributed by atoms with Gasteiger partial charge in [0, 0.05) is 0 Å². The number of methoxy groups -OCH3 is 1. The van der Waals surface area contributed by atoms with Crippen molar-refractivity contribution >= 4 is 5.97 Å². The predicted octanol–water partition coefficient (Wildman–Crippen LogP) is 1.37. The number of benzene rings is 1. The maximum Gasteiger partial charge on any atom is 0.316 e. The fourth-order valence-electron chi connectivity index (χ4n) is 2.58. The molecule has 1 aromatic rings. The Bertz CT molecular complexity index is 482. The molecule has 0 radical (unpaired) electrons. The minimum absolute atomic E-state index is 0.235. The lowest BCUT2D eigenvalue weighted by molar-refractivity contribution is -0.186. The van der Waals surface area contributed by atoms with E-state index in [4.69, 9.17) is 9.47 Å². The number of nitrogens with one attached hydrogen (secondary N) is 1. The van der Waals surface area contributed by atoms with Crippen LogP contribution in [0.2, 0.25) is 0 Å². The number of hydrogen-bond acceptors (Lipinski definition) is 4. The van der Waals surface area contributed by atoms with Gasteiger partial charge < -0.3 is 19.9 Å². The van der Waals surface area contributed by atoms with Crippen LogP contribution in [0.3, 0.4) is 0 Å². The van der Waals surface area contributed by atoms with Gasteiger partial charge in [-0.25, -0.2) is 0 Å². The molecule has 1 saturated heterocycles. The fourth-order valence-corrected chi connectivity index (χ4v) is 2.58. The summed E-state index contributed by atoms with van der Waals surface area (Å²) in [5.74, 6) is -0.0283. The summed E-state index contributed by atoms with van der Waals surface area (Å²) in [5.41, 5.74) is 1.04. The molecule has 19 heavy (non-hydrogen) atoms. The summed E-state index contributed by atoms with van der Waals surface area (Å²) in [7, 11) is 3.39. The quantitative estimate of drug-likeness (QED) is 0.841. The first-order valence-electron chi connectivity index (χ1n) is 6.18. The fraction of sp³-hybridized carbons (Fsp3) is 0.500. The zero-order valence-electron chi connectivity index (χ0n) is 11.4. The van der Waals surface area contributed by atoms with Gasteiger partial charge >= 0.3 is 5.97 Å². The molecule has 0 saturated carbocycles. The standard InChI is InChI=1S/C14H19NO4/c1-9-6-10(4-5-11(9)18-3)12(15-2)14(13(16)17)7-19-8-14/h4-6,12,15H,7-8H2,1-3H3,(H,16,17). The molecule has 0 amide bonds. The largest absolute Gasteiger partial charge is 0.496 e. The molecule has 0 spiro atoms. The highest BCUT2D eigenvalue weighted by atomic mass is 16.5. The third-order valence-electron chi connectivity index (χ3n) is 3.74. The van der Waals surface area contributed by atoms with Crippen molar-refractivity contribution < 1.29 is 19.4 Å². The third-order valence-corrected chi connectivity index (χ3v) is 3.74. The Morgan fingerprint density at radius 2 is 2.21 bits per heavy atom. The molecule has 0 aromatic heterocycles. The minimum atomic E-state index is -0.879. The van der Waals surface area contributed by atoms with E-state index in [1.54, 1.807) is 14.2 Å². The molecule has 1 unspecified atom stereocenters. The first-order valence-corrected chi connectivity index (χ1v) is 6.18. The van der Waals surface area contributed by atoms with Gasteiger partial charge in [-0.3, -0.25) is 4.79 Å². The van der Waals surface area contributed by atoms with Crippen molar-refractivity contribution in [3.63, 3.8) is 0 Å². The molecule has 5 nitrogen and oxygen atoms in total. The van der Waals surface area contributed by atoms with Crippen molar-refractivity contribution in [3.05, 3.63) is 29.3 Å². The van der Waals surface area contributed by atoms with Crippen molar-refractivity contribution in [1.82, 2.24) is 5.32 Å². The van der Waals surface area contributed by atoms with Crippen LogP contribution in [0.4, 0.5) is 0 Å². The van der Waals surface area contributed by atoms with Crippen molar-refractivity contribution in [2.45, 2.75) is 13.0 Å². The zero-order valence-corrected chi connectivity index (χ0v) is 11.4. The molecule has 2 N–H and O–H groups in total. The van der Waals surface area contributed by atoms with Crippen molar-refractivity contribution in [2.75, 3.05) is 27.4 Å². The molecule has 1 aliphatic rings. The van der Waals surface area contributed by atoms with E-state index in [9.17, 15) is 9.90 Å². The van der Waals surface area contributed by atoms with Crippen LogP contribution in [0.15, 0.2) is 18.2 Å². The highest BCUT2D eigenvalue weighted by Crippen LogP contribution is 2.41. The molecular formula is C14H19NO4. The summed E-state index contributed by atoms with van der Waals surface area (Å²) < 4.78 is 10.4. The summed E-state index contributed by atoms with van der Waals surface area (Å²) in [6, 6.07) is 5.45. The maximum absolute atomic E-state index is 11.5. The molecule has 1 aliphatic heterocycles. The summed E-state index contributed by atoms with van der Waals surface area (Å²) in [6.45, 7) is 2.41. The Morgan fingerprint density at radius 1 is 1.53 bits per heavy atom. The van der Waals surface area contributed by atoms with Crippen LogP contribution in [-0.4, -0.2) is 38.4 Å². The van der Waals surface area contributed by atoms with E-state index in [1.807, 2.05) is 25.1 Å². The van der Waals surface area contributed by atoms with Crippen molar-refractivity contribution in [3.8, 4) is 5.75 Å². The van der Waals surface area contributed by atoms with Gasteiger partial charge in [-0.15, -0.1) is 0 Å². The van der Waals surface area contributed by atoms with Crippen LogP contribution in [0.25, 0.3) is 0 Å². The second-order valence-electron chi connectivity index (χ2n) is 4.90. The first kappa shape index (κ1) is 13.8. The lowest BCUT2D eigenvalue weighted by Gasteiger charge is -2.43. The van der Waals surface area contributed by atoms with Crippen LogP contribution in [0.5, 0.6) is 5.75 Å². The van der Waals surface area contributed by atoms with Gasteiger partial charge in [0.25, 0.3) is 0 Å². The Morgan fingerprint density at radius 3 is 2.58 bits per heavy atom. The smallest absolute Gasteiger partial charge is 0.316 e. The van der Waals surface area contributed by atoms with Crippen molar-refractivity contribution in [1.29, 1.82) is 0 Å². The van der Waals surface area contributed by atoms with Crippen LogP contribution >= 0.6 is 0 Å². The maximum atomic E-state index is 11.5. The Kier molecular flexibility index (Phi) is 3.78. The van der Waals surface area contributed by atoms with Crippen LogP contribution in [0.1, 0.15) is 17.2 Å². The van der Waals surface area contributed by atoms with E-state index in [1.165, 1.54) is 0 Å². The van der Waals surface area contributed by atoms with Gasteiger partial charge in [0.2, 0.25) is 0 Å². The Labute approximate surface area is 112 Å². The first-order chi connectivity index (χ1) is 9.05. The number of carboxylic acids is 1. The molecule has 1 aromatic carbocycles. The van der Waals surface area contributed by atoms with E-state index in [2.05, 4.69) is 5.32 Å². The van der Waals surface area contributed by atoms with E-state index in [-0.39, 0.29) is 19.3 Å². The second kappa shape index (κ2) is 5.19. The molecule has 1 heterocycles. The highest BCUT2D eigenvalue weighted by Gasteiger charge is 2.52. The summed E-state index contributed by atoms with van der Waals surface area (Å²) >= 11 is 0. The lowest BCUT2D eigenvalue weighted by Crippen LogP contribution is -2.56. The number of aryl methyl sites for hydroxylation is 1. The van der Waals surface area contributed by atoms with E-state index >= 15 is 0 Å². The van der Waals surface area contributed by atoms with Gasteiger partial charge in [-0.05, 0) is 31.2 Å². The third kappa shape index (κ3) is 2.19. The van der Waals surface area contributed by atoms with Crippen LogP contribution < -0.4 is 10.1 Å². The van der Waals surface area contributed by atoms with Gasteiger partial charge in [0.15, 0.2) is 0 Å². The molecule has 1 atom stereocenters. The van der Waals surface area contributed by atoms with Crippen molar-refractivity contribution in [2.24, 2.45) is 5.41 Å². The number of carboxylic acid groups (broad SMARTS) is 1. The molecule has 104 valence electrons. The van der Waals surface area contributed by atoms with Gasteiger partial charge in [-0.2, -0.15) is 0 Å². The number of aliphatic carboxylic acids is 1. The normalized spacial score (nSPS) is 18.5. The van der Waals surface area contributed by atoms with Crippen LogP contribution in [0, 0.1) is 12.3 Å². The Hall–Kier alpha value is -1.59. The predicted molar refractivity (Wildman–Crippen MR) is 70.4 cm³/mol. The van der Waals surface area contributed by atoms with E-state index in [0.717, 1.165) is 16.9 Å². The van der Waals surface area contributed by atoms with Crippen LogP contribution in [-0.2, 0) is 9.53 Å². The molecular weight excluding hydrogens is 246 g/mol. The number of ether oxygens (including phenoxy) is 2. The van der Waals surface area contributed by atoms with Gasteiger partial charge in [0.05, 0.1) is 26.4 Å². The molecule has 2 rings (SSSR count). The molecule has 1 fully saturated rings. The summed E-state index contributed by atoms with van der Waals surface area (Å²) in [4.78, 5) is 11.5. The average molecular weight is 265 g/mol. The van der Waals surface area contributed by atoms with E-state index in [0.29, 0.717) is 0 Å². The monoisotopic (exact) mass is 265 g/mol. The lowest BCUT2D eigenvalue weighted by atomic mass is 9.75. The van der Waals surface area contributed by atoms with Gasteiger partial charge in [0.1, 0.15) is 11.2 Å². The minimum Gasteiger partial charge on any atom is -0.496 e. The highest BCUT2D eigenvalue weighted by molar-refractivity contribution is 5.77. The molecule has 5 heteroatoms.